The van der Waals surface area contributed by atoms with Crippen molar-refractivity contribution in [1.29, 1.82) is 0 Å². The highest BCUT2D eigenvalue weighted by Gasteiger charge is 1.91. The third kappa shape index (κ3) is 7.79. The first-order valence-electron chi connectivity index (χ1n) is 5.31. The van der Waals surface area contributed by atoms with Crippen molar-refractivity contribution in [3.63, 3.8) is 0 Å². The van der Waals surface area contributed by atoms with Gasteiger partial charge in [0.25, 0.3) is 0 Å². The molecule has 0 saturated carbocycles. The quantitative estimate of drug-likeness (QED) is 0.469. The minimum Gasteiger partial charge on any atom is -0.320 e. The zero-order chi connectivity index (χ0) is 9.94. The third-order valence-corrected chi connectivity index (χ3v) is 2.08. The van der Waals surface area contributed by atoms with Crippen molar-refractivity contribution in [2.24, 2.45) is 0 Å². The van der Waals surface area contributed by atoms with Crippen LogP contribution < -0.4 is 5.32 Å². The summed E-state index contributed by atoms with van der Waals surface area (Å²) in [5, 5.41) is 3.17. The first-order valence-corrected chi connectivity index (χ1v) is 5.31. The predicted octanol–water partition coefficient (Wildman–Crippen LogP) is 3.29. The van der Waals surface area contributed by atoms with Crippen molar-refractivity contribution in [3.05, 3.63) is 23.8 Å². The lowest BCUT2D eigenvalue weighted by atomic mass is 10.1. The molecular formula is C12H23N. The second-order valence-corrected chi connectivity index (χ2v) is 3.23. The number of allylic oxidation sites excluding steroid dienone is 4. The molecule has 0 bridgehead atoms. The molecule has 0 saturated heterocycles. The topological polar surface area (TPSA) is 12.0 Å². The SMILES string of the molecule is C/C=C(\C=C/CC)CCCCNC. The highest BCUT2D eigenvalue weighted by atomic mass is 14.8. The lowest BCUT2D eigenvalue weighted by Gasteiger charge is -2.01. The van der Waals surface area contributed by atoms with Crippen LogP contribution in [0.2, 0.25) is 0 Å². The van der Waals surface area contributed by atoms with Crippen molar-refractivity contribution in [2.75, 3.05) is 13.6 Å². The second-order valence-electron chi connectivity index (χ2n) is 3.23. The summed E-state index contributed by atoms with van der Waals surface area (Å²) < 4.78 is 0. The van der Waals surface area contributed by atoms with Crippen LogP contribution in [0.25, 0.3) is 0 Å². The van der Waals surface area contributed by atoms with Gasteiger partial charge < -0.3 is 5.32 Å². The molecule has 0 aromatic heterocycles. The Kier molecular flexibility index (Phi) is 9.12. The average molecular weight is 181 g/mol. The van der Waals surface area contributed by atoms with Crippen LogP contribution in [0, 0.1) is 0 Å². The van der Waals surface area contributed by atoms with Gasteiger partial charge in [-0.25, -0.2) is 0 Å². The van der Waals surface area contributed by atoms with Crippen LogP contribution in [0.1, 0.15) is 39.5 Å². The van der Waals surface area contributed by atoms with E-state index in [1.165, 1.54) is 24.8 Å². The fourth-order valence-corrected chi connectivity index (χ4v) is 1.22. The lowest BCUT2D eigenvalue weighted by Crippen LogP contribution is -2.06. The summed E-state index contributed by atoms with van der Waals surface area (Å²) in [7, 11) is 2.01. The molecule has 0 aliphatic carbocycles. The molecule has 13 heavy (non-hydrogen) atoms. The molecule has 0 unspecified atom stereocenters. The molecule has 1 nitrogen and oxygen atoms in total. The van der Waals surface area contributed by atoms with Gasteiger partial charge in [0.05, 0.1) is 0 Å². The largest absolute Gasteiger partial charge is 0.320 e. The van der Waals surface area contributed by atoms with Crippen molar-refractivity contribution in [1.82, 2.24) is 5.32 Å². The van der Waals surface area contributed by atoms with Crippen LogP contribution >= 0.6 is 0 Å². The summed E-state index contributed by atoms with van der Waals surface area (Å²) in [6.07, 6.45) is 11.6. The number of nitrogens with one attached hydrogen (secondary N) is 1. The van der Waals surface area contributed by atoms with E-state index in [1.807, 2.05) is 7.05 Å². The minimum absolute atomic E-state index is 1.13. The molecule has 0 rings (SSSR count). The van der Waals surface area contributed by atoms with Crippen LogP contribution in [0.15, 0.2) is 23.8 Å². The van der Waals surface area contributed by atoms with Gasteiger partial charge in [0, 0.05) is 0 Å². The molecule has 1 N–H and O–H groups in total. The van der Waals surface area contributed by atoms with Crippen molar-refractivity contribution >= 4 is 0 Å². The van der Waals surface area contributed by atoms with E-state index in [9.17, 15) is 0 Å². The fraction of sp³-hybridized carbons (Fsp3) is 0.667. The van der Waals surface area contributed by atoms with E-state index >= 15 is 0 Å². The van der Waals surface area contributed by atoms with Gasteiger partial charge >= 0.3 is 0 Å². The maximum Gasteiger partial charge on any atom is -0.00518 e. The zero-order valence-electron chi connectivity index (χ0n) is 9.27. The Morgan fingerprint density at radius 1 is 1.31 bits per heavy atom. The molecule has 0 aromatic carbocycles. The van der Waals surface area contributed by atoms with Gasteiger partial charge in [-0.1, -0.05) is 30.7 Å². The zero-order valence-corrected chi connectivity index (χ0v) is 9.27. The number of hydrogen-bond donors (Lipinski definition) is 1. The fourth-order valence-electron chi connectivity index (χ4n) is 1.22. The Labute approximate surface area is 82.9 Å². The number of unbranched alkanes of at least 4 members (excludes halogenated alkanes) is 1. The Morgan fingerprint density at radius 3 is 2.62 bits per heavy atom. The summed E-state index contributed by atoms with van der Waals surface area (Å²) in [4.78, 5) is 0. The normalized spacial score (nSPS) is 12.7. The van der Waals surface area contributed by atoms with E-state index in [2.05, 4.69) is 37.4 Å². The van der Waals surface area contributed by atoms with E-state index in [1.54, 1.807) is 0 Å². The average Bonchev–Trinajstić information content (AvgIpc) is 2.17. The van der Waals surface area contributed by atoms with E-state index in [4.69, 9.17) is 0 Å². The first kappa shape index (κ1) is 12.4. The van der Waals surface area contributed by atoms with Gasteiger partial charge in [-0.05, 0) is 46.2 Å². The predicted molar refractivity (Wildman–Crippen MR) is 61.0 cm³/mol. The Morgan fingerprint density at radius 2 is 2.08 bits per heavy atom. The molecule has 76 valence electrons. The standard InChI is InChI=1S/C12H23N/c1-4-6-9-12(5-2)10-7-8-11-13-3/h5-6,9,13H,4,7-8,10-11H2,1-3H3/b9-6-,12-5+. The molecule has 0 aliphatic heterocycles. The van der Waals surface area contributed by atoms with Crippen LogP contribution in [0.4, 0.5) is 0 Å². The van der Waals surface area contributed by atoms with Gasteiger partial charge in [0.2, 0.25) is 0 Å². The van der Waals surface area contributed by atoms with Crippen molar-refractivity contribution < 1.29 is 0 Å². The van der Waals surface area contributed by atoms with Crippen LogP contribution in [-0.4, -0.2) is 13.6 Å². The summed E-state index contributed by atoms with van der Waals surface area (Å²) in [5.41, 5.74) is 1.47. The smallest absolute Gasteiger partial charge is 0.00518 e. The van der Waals surface area contributed by atoms with Gasteiger partial charge in [-0.15, -0.1) is 0 Å². The maximum atomic E-state index is 3.17. The molecule has 0 spiro atoms. The molecule has 0 aromatic rings. The van der Waals surface area contributed by atoms with Gasteiger partial charge in [0.1, 0.15) is 0 Å². The van der Waals surface area contributed by atoms with E-state index in [-0.39, 0.29) is 0 Å². The van der Waals surface area contributed by atoms with E-state index in [0.717, 1.165) is 13.0 Å². The molecule has 0 atom stereocenters. The number of rotatable bonds is 7. The van der Waals surface area contributed by atoms with Crippen molar-refractivity contribution in [2.45, 2.75) is 39.5 Å². The molecule has 1 heteroatoms. The van der Waals surface area contributed by atoms with E-state index < -0.39 is 0 Å². The van der Waals surface area contributed by atoms with Gasteiger partial charge in [0.15, 0.2) is 0 Å². The Balaban J connectivity index is 3.55. The number of hydrogen-bond acceptors (Lipinski definition) is 1. The highest BCUT2D eigenvalue weighted by Crippen LogP contribution is 2.08. The minimum atomic E-state index is 1.13. The summed E-state index contributed by atoms with van der Waals surface area (Å²) >= 11 is 0. The maximum absolute atomic E-state index is 3.17. The molecule has 0 radical (unpaired) electrons. The van der Waals surface area contributed by atoms with Crippen LogP contribution in [0.3, 0.4) is 0 Å². The van der Waals surface area contributed by atoms with E-state index in [0.29, 0.717) is 0 Å². The molecule has 0 fully saturated rings. The molecule has 0 heterocycles. The first-order chi connectivity index (χ1) is 6.35. The third-order valence-electron chi connectivity index (χ3n) is 2.08. The van der Waals surface area contributed by atoms with Crippen LogP contribution in [0.5, 0.6) is 0 Å². The molecule has 0 aliphatic rings. The Hall–Kier alpha value is -0.560. The highest BCUT2D eigenvalue weighted by molar-refractivity contribution is 5.17. The molecular weight excluding hydrogens is 158 g/mol. The summed E-state index contributed by atoms with van der Waals surface area (Å²) in [6.45, 7) is 5.42. The van der Waals surface area contributed by atoms with Crippen LogP contribution in [-0.2, 0) is 0 Å². The van der Waals surface area contributed by atoms with Gasteiger partial charge in [-0.3, -0.25) is 0 Å². The Bertz CT molecular complexity index is 157. The summed E-state index contributed by atoms with van der Waals surface area (Å²) in [6, 6.07) is 0. The summed E-state index contributed by atoms with van der Waals surface area (Å²) in [5.74, 6) is 0. The lowest BCUT2D eigenvalue weighted by molar-refractivity contribution is 0.678. The second kappa shape index (κ2) is 9.53. The monoisotopic (exact) mass is 181 g/mol. The molecule has 0 amide bonds. The van der Waals surface area contributed by atoms with Gasteiger partial charge in [-0.2, -0.15) is 0 Å². The van der Waals surface area contributed by atoms with Crippen molar-refractivity contribution in [3.8, 4) is 0 Å².